The van der Waals surface area contributed by atoms with Crippen molar-refractivity contribution in [1.29, 1.82) is 0 Å². The number of nitrogens with one attached hydrogen (secondary N) is 1. The maximum Gasteiger partial charge on any atom is 0.317 e. The number of sulfonamides is 1. The van der Waals surface area contributed by atoms with Crippen molar-refractivity contribution in [3.8, 4) is 5.75 Å². The number of hydrogen-bond acceptors (Lipinski definition) is 5. The number of unbranched alkanes of at least 4 members (excludes halogenated alkanes) is 2. The van der Waals surface area contributed by atoms with Crippen molar-refractivity contribution in [1.82, 2.24) is 9.62 Å². The Balaban J connectivity index is 1.92. The molecule has 1 aliphatic rings. The molecule has 8 heteroatoms. The van der Waals surface area contributed by atoms with Crippen LogP contribution in [0, 0.1) is 5.92 Å². The van der Waals surface area contributed by atoms with Crippen LogP contribution >= 0.6 is 0 Å². The summed E-state index contributed by atoms with van der Waals surface area (Å²) in [6.45, 7) is 4.06. The summed E-state index contributed by atoms with van der Waals surface area (Å²) in [5.74, 6) is -0.110. The summed E-state index contributed by atoms with van der Waals surface area (Å²) >= 11 is 0. The van der Waals surface area contributed by atoms with Crippen LogP contribution in [0.2, 0.25) is 0 Å². The summed E-state index contributed by atoms with van der Waals surface area (Å²) in [4.78, 5) is 10.9. The third-order valence-corrected chi connectivity index (χ3v) is 6.55. The monoisotopic (exact) mass is 398 g/mol. The summed E-state index contributed by atoms with van der Waals surface area (Å²) < 4.78 is 32.9. The Morgan fingerprint density at radius 2 is 2.04 bits per heavy atom. The maximum atomic E-state index is 12.9. The first-order valence-corrected chi connectivity index (χ1v) is 11.0. The standard InChI is InChI=1S/C19H30N2O5S/c1-2-3-4-12-26-17-7-9-18(10-8-17)27(24,25)21-11-5-6-16(15-21)13-20-14-19(22)23/h7-10,16,20H,2-6,11-15H2,1H3,(H,22,23). The summed E-state index contributed by atoms with van der Waals surface area (Å²) in [5.41, 5.74) is 0. The molecule has 2 rings (SSSR count). The number of rotatable bonds is 11. The number of nitrogens with zero attached hydrogens (tertiary/aromatic N) is 1. The Morgan fingerprint density at radius 3 is 2.70 bits per heavy atom. The lowest BCUT2D eigenvalue weighted by Gasteiger charge is -2.32. The van der Waals surface area contributed by atoms with Crippen molar-refractivity contribution in [2.75, 3.05) is 32.8 Å². The van der Waals surface area contributed by atoms with Crippen molar-refractivity contribution < 1.29 is 23.1 Å². The smallest absolute Gasteiger partial charge is 0.317 e. The highest BCUT2D eigenvalue weighted by Crippen LogP contribution is 2.25. The molecule has 0 radical (unpaired) electrons. The van der Waals surface area contributed by atoms with Gasteiger partial charge in [-0.05, 0) is 56.0 Å². The molecule has 1 fully saturated rings. The van der Waals surface area contributed by atoms with E-state index in [-0.39, 0.29) is 17.4 Å². The van der Waals surface area contributed by atoms with Crippen molar-refractivity contribution in [3.63, 3.8) is 0 Å². The molecule has 0 bridgehead atoms. The average molecular weight is 399 g/mol. The molecular formula is C19H30N2O5S. The first-order valence-electron chi connectivity index (χ1n) is 9.59. The van der Waals surface area contributed by atoms with Crippen molar-refractivity contribution >= 4 is 16.0 Å². The van der Waals surface area contributed by atoms with E-state index in [1.165, 1.54) is 4.31 Å². The molecule has 1 heterocycles. The molecule has 1 aromatic carbocycles. The first kappa shape index (κ1) is 21.7. The first-order chi connectivity index (χ1) is 12.9. The Morgan fingerprint density at radius 1 is 1.30 bits per heavy atom. The van der Waals surface area contributed by atoms with E-state index in [2.05, 4.69) is 12.2 Å². The van der Waals surface area contributed by atoms with Gasteiger partial charge < -0.3 is 15.2 Å². The molecule has 1 saturated heterocycles. The van der Waals surface area contributed by atoms with E-state index in [1.807, 2.05) is 0 Å². The predicted molar refractivity (Wildman–Crippen MR) is 103 cm³/mol. The Labute approximate surface area is 161 Å². The summed E-state index contributed by atoms with van der Waals surface area (Å²) in [5, 5.41) is 11.6. The van der Waals surface area contributed by atoms with Crippen LogP contribution in [-0.2, 0) is 14.8 Å². The van der Waals surface area contributed by atoms with Gasteiger partial charge in [0.25, 0.3) is 0 Å². The molecule has 7 nitrogen and oxygen atoms in total. The zero-order valence-corrected chi connectivity index (χ0v) is 16.7. The normalized spacial score (nSPS) is 18.3. The van der Waals surface area contributed by atoms with Gasteiger partial charge in [-0.1, -0.05) is 19.8 Å². The van der Waals surface area contributed by atoms with Gasteiger partial charge >= 0.3 is 5.97 Å². The molecule has 0 amide bonds. The van der Waals surface area contributed by atoms with Gasteiger partial charge in [0.1, 0.15) is 5.75 Å². The van der Waals surface area contributed by atoms with E-state index in [1.54, 1.807) is 24.3 Å². The zero-order valence-electron chi connectivity index (χ0n) is 15.9. The van der Waals surface area contributed by atoms with Crippen LogP contribution in [0.15, 0.2) is 29.2 Å². The molecular weight excluding hydrogens is 368 g/mol. The lowest BCUT2D eigenvalue weighted by atomic mass is 10.00. The highest BCUT2D eigenvalue weighted by atomic mass is 32.2. The molecule has 2 N–H and O–H groups in total. The number of piperidine rings is 1. The summed E-state index contributed by atoms with van der Waals surface area (Å²) in [6, 6.07) is 6.59. The van der Waals surface area contributed by atoms with Crippen LogP contribution in [0.4, 0.5) is 0 Å². The van der Waals surface area contributed by atoms with Gasteiger partial charge in [-0.25, -0.2) is 8.42 Å². The summed E-state index contributed by atoms with van der Waals surface area (Å²) in [6.07, 6.45) is 4.90. The highest BCUT2D eigenvalue weighted by Gasteiger charge is 2.30. The largest absolute Gasteiger partial charge is 0.494 e. The van der Waals surface area contributed by atoms with Crippen molar-refractivity contribution in [3.05, 3.63) is 24.3 Å². The lowest BCUT2D eigenvalue weighted by Crippen LogP contribution is -2.43. The highest BCUT2D eigenvalue weighted by molar-refractivity contribution is 7.89. The van der Waals surface area contributed by atoms with E-state index >= 15 is 0 Å². The summed E-state index contributed by atoms with van der Waals surface area (Å²) in [7, 11) is -3.55. The number of aliphatic carboxylic acids is 1. The molecule has 0 aliphatic carbocycles. The van der Waals surface area contributed by atoms with Crippen LogP contribution in [0.25, 0.3) is 0 Å². The minimum absolute atomic E-state index is 0.108. The third-order valence-electron chi connectivity index (χ3n) is 4.67. The third kappa shape index (κ3) is 6.79. The molecule has 27 heavy (non-hydrogen) atoms. The van der Waals surface area contributed by atoms with Gasteiger partial charge in [0.2, 0.25) is 10.0 Å². The second-order valence-electron chi connectivity index (χ2n) is 6.92. The number of carboxylic acids is 1. The van der Waals surface area contributed by atoms with E-state index in [4.69, 9.17) is 9.84 Å². The predicted octanol–water partition coefficient (Wildman–Crippen LogP) is 2.33. The maximum absolute atomic E-state index is 12.9. The van der Waals surface area contributed by atoms with Crippen molar-refractivity contribution in [2.24, 2.45) is 5.92 Å². The molecule has 0 saturated carbocycles. The van der Waals surface area contributed by atoms with Gasteiger partial charge in [-0.15, -0.1) is 0 Å². The lowest BCUT2D eigenvalue weighted by molar-refractivity contribution is -0.136. The molecule has 1 atom stereocenters. The molecule has 1 aromatic rings. The number of carbonyl (C=O) groups is 1. The van der Waals surface area contributed by atoms with E-state index in [9.17, 15) is 13.2 Å². The zero-order chi connectivity index (χ0) is 19.7. The topological polar surface area (TPSA) is 95.9 Å². The minimum Gasteiger partial charge on any atom is -0.494 e. The van der Waals surface area contributed by atoms with E-state index < -0.39 is 16.0 Å². The van der Waals surface area contributed by atoms with Crippen LogP contribution in [0.5, 0.6) is 5.75 Å². The van der Waals surface area contributed by atoms with Crippen LogP contribution in [-0.4, -0.2) is 56.6 Å². The van der Waals surface area contributed by atoms with Crippen LogP contribution in [0.3, 0.4) is 0 Å². The second-order valence-corrected chi connectivity index (χ2v) is 8.86. The number of ether oxygens (including phenoxy) is 1. The molecule has 152 valence electrons. The minimum atomic E-state index is -3.55. The van der Waals surface area contributed by atoms with Gasteiger partial charge in [0.05, 0.1) is 18.0 Å². The molecule has 1 aliphatic heterocycles. The fraction of sp³-hybridized carbons (Fsp3) is 0.632. The van der Waals surface area contributed by atoms with Crippen LogP contribution < -0.4 is 10.1 Å². The Kier molecular flexibility index (Phi) is 8.53. The number of carboxylic acid groups (broad SMARTS) is 1. The van der Waals surface area contributed by atoms with Crippen molar-refractivity contribution in [2.45, 2.75) is 43.9 Å². The Hall–Kier alpha value is -1.64. The quantitative estimate of drug-likeness (QED) is 0.556. The van der Waals surface area contributed by atoms with E-state index in [0.29, 0.717) is 32.0 Å². The number of hydrogen-bond donors (Lipinski definition) is 2. The van der Waals surface area contributed by atoms with Gasteiger partial charge in [0.15, 0.2) is 0 Å². The fourth-order valence-corrected chi connectivity index (χ4v) is 4.75. The molecule has 0 spiro atoms. The van der Waals surface area contributed by atoms with E-state index in [0.717, 1.165) is 32.1 Å². The van der Waals surface area contributed by atoms with Gasteiger partial charge in [-0.3, -0.25) is 4.79 Å². The SMILES string of the molecule is CCCCCOc1ccc(S(=O)(=O)N2CCCC(CNCC(=O)O)C2)cc1. The molecule has 0 aromatic heterocycles. The number of benzene rings is 1. The average Bonchev–Trinajstić information content (AvgIpc) is 2.66. The van der Waals surface area contributed by atoms with Gasteiger partial charge in [0, 0.05) is 13.1 Å². The second kappa shape index (κ2) is 10.6. The Bertz CT molecular complexity index is 691. The molecule has 1 unspecified atom stereocenters. The van der Waals surface area contributed by atoms with Crippen LogP contribution in [0.1, 0.15) is 39.0 Å². The fourth-order valence-electron chi connectivity index (χ4n) is 3.19. The van der Waals surface area contributed by atoms with Gasteiger partial charge in [-0.2, -0.15) is 4.31 Å².